The molecular weight excluding hydrogens is 246 g/mol. The molecule has 0 amide bonds. The van der Waals surface area contributed by atoms with Crippen LogP contribution in [0.3, 0.4) is 0 Å². The van der Waals surface area contributed by atoms with Gasteiger partial charge in [-0.1, -0.05) is 0 Å². The Balaban J connectivity index is 2.02. The van der Waals surface area contributed by atoms with Crippen LogP contribution in [-0.2, 0) is 16.4 Å². The third kappa shape index (κ3) is 2.72. The van der Waals surface area contributed by atoms with Gasteiger partial charge >= 0.3 is 0 Å². The van der Waals surface area contributed by atoms with Crippen molar-refractivity contribution in [3.8, 4) is 0 Å². The summed E-state index contributed by atoms with van der Waals surface area (Å²) >= 11 is 1.62. The van der Waals surface area contributed by atoms with E-state index in [4.69, 9.17) is 0 Å². The second-order valence-electron chi connectivity index (χ2n) is 3.78. The Kier molecular flexibility index (Phi) is 3.46. The SMILES string of the molecule is CNCc1cnc(N2CCS(=O)(=O)CC2)s1. The number of hydrogen-bond donors (Lipinski definition) is 1. The number of nitrogens with one attached hydrogen (secondary N) is 1. The van der Waals surface area contributed by atoms with E-state index in [0.29, 0.717) is 13.1 Å². The van der Waals surface area contributed by atoms with Crippen molar-refractivity contribution in [3.05, 3.63) is 11.1 Å². The molecule has 1 aromatic heterocycles. The maximum absolute atomic E-state index is 11.3. The predicted octanol–water partition coefficient (Wildman–Crippen LogP) is 0.0973. The van der Waals surface area contributed by atoms with Crippen LogP contribution in [-0.4, -0.2) is 45.0 Å². The number of nitrogens with zero attached hydrogens (tertiary/aromatic N) is 2. The molecular formula is C9H15N3O2S2. The first-order valence-corrected chi connectivity index (χ1v) is 7.79. The van der Waals surface area contributed by atoms with Crippen molar-refractivity contribution >= 4 is 26.3 Å². The van der Waals surface area contributed by atoms with Crippen LogP contribution in [0, 0.1) is 0 Å². The lowest BCUT2D eigenvalue weighted by Crippen LogP contribution is -2.40. The van der Waals surface area contributed by atoms with Gasteiger partial charge in [0.2, 0.25) is 0 Å². The first-order chi connectivity index (χ1) is 7.61. The summed E-state index contributed by atoms with van der Waals surface area (Å²) in [5, 5.41) is 4.00. The van der Waals surface area contributed by atoms with E-state index in [-0.39, 0.29) is 11.5 Å². The molecule has 7 heteroatoms. The Morgan fingerprint density at radius 2 is 2.19 bits per heavy atom. The molecule has 90 valence electrons. The van der Waals surface area contributed by atoms with Crippen LogP contribution in [0.25, 0.3) is 0 Å². The zero-order valence-corrected chi connectivity index (χ0v) is 10.8. The van der Waals surface area contributed by atoms with Crippen LogP contribution in [0.15, 0.2) is 6.20 Å². The van der Waals surface area contributed by atoms with Crippen LogP contribution in [0.5, 0.6) is 0 Å². The molecule has 2 heterocycles. The third-order valence-corrected chi connectivity index (χ3v) is 5.17. The van der Waals surface area contributed by atoms with Crippen molar-refractivity contribution in [3.63, 3.8) is 0 Å². The first kappa shape index (κ1) is 11.8. The van der Waals surface area contributed by atoms with Crippen LogP contribution in [0.4, 0.5) is 5.13 Å². The van der Waals surface area contributed by atoms with Gasteiger partial charge in [-0.2, -0.15) is 0 Å². The molecule has 1 aromatic rings. The smallest absolute Gasteiger partial charge is 0.185 e. The Morgan fingerprint density at radius 3 is 2.81 bits per heavy atom. The van der Waals surface area contributed by atoms with E-state index < -0.39 is 9.84 Å². The molecule has 2 rings (SSSR count). The largest absolute Gasteiger partial charge is 0.346 e. The van der Waals surface area contributed by atoms with E-state index in [9.17, 15) is 8.42 Å². The van der Waals surface area contributed by atoms with Gasteiger partial charge in [0.05, 0.1) is 11.5 Å². The fourth-order valence-electron chi connectivity index (χ4n) is 1.60. The van der Waals surface area contributed by atoms with Crippen LogP contribution in [0.2, 0.25) is 0 Å². The molecule has 1 aliphatic heterocycles. The van der Waals surface area contributed by atoms with Gasteiger partial charge in [0, 0.05) is 30.7 Å². The molecule has 5 nitrogen and oxygen atoms in total. The summed E-state index contributed by atoms with van der Waals surface area (Å²) in [6, 6.07) is 0. The Morgan fingerprint density at radius 1 is 1.50 bits per heavy atom. The molecule has 0 spiro atoms. The van der Waals surface area contributed by atoms with Gasteiger partial charge in [-0.25, -0.2) is 13.4 Å². The Labute approximate surface area is 99.4 Å². The molecule has 0 aliphatic carbocycles. The molecule has 0 unspecified atom stereocenters. The fraction of sp³-hybridized carbons (Fsp3) is 0.667. The number of anilines is 1. The minimum atomic E-state index is -2.80. The fourth-order valence-corrected chi connectivity index (χ4v) is 3.78. The summed E-state index contributed by atoms with van der Waals surface area (Å²) in [5.74, 6) is 0.488. The van der Waals surface area contributed by atoms with Crippen LogP contribution >= 0.6 is 11.3 Å². The van der Waals surface area contributed by atoms with Gasteiger partial charge in [-0.15, -0.1) is 11.3 Å². The van der Waals surface area contributed by atoms with Crippen LogP contribution < -0.4 is 10.2 Å². The summed E-state index contributed by atoms with van der Waals surface area (Å²) in [6.07, 6.45) is 1.85. The summed E-state index contributed by atoms with van der Waals surface area (Å²) in [4.78, 5) is 7.53. The molecule has 0 saturated carbocycles. The average molecular weight is 261 g/mol. The molecule has 1 N–H and O–H groups in total. The van der Waals surface area contributed by atoms with Crippen LogP contribution in [0.1, 0.15) is 4.88 Å². The van der Waals surface area contributed by atoms with Gasteiger partial charge in [0.1, 0.15) is 0 Å². The maximum Gasteiger partial charge on any atom is 0.185 e. The van der Waals surface area contributed by atoms with Crippen molar-refractivity contribution in [2.45, 2.75) is 6.54 Å². The normalized spacial score (nSPS) is 19.9. The minimum Gasteiger partial charge on any atom is -0.346 e. The van der Waals surface area contributed by atoms with E-state index in [1.54, 1.807) is 11.3 Å². The van der Waals surface area contributed by atoms with Gasteiger partial charge in [0.25, 0.3) is 0 Å². The lowest BCUT2D eigenvalue weighted by Gasteiger charge is -2.25. The Bertz CT molecular complexity index is 441. The van der Waals surface area contributed by atoms with Crippen molar-refractivity contribution in [2.75, 3.05) is 36.5 Å². The van der Waals surface area contributed by atoms with Crippen molar-refractivity contribution < 1.29 is 8.42 Å². The highest BCUT2D eigenvalue weighted by molar-refractivity contribution is 7.91. The highest BCUT2D eigenvalue weighted by atomic mass is 32.2. The molecule has 0 radical (unpaired) electrons. The quantitative estimate of drug-likeness (QED) is 0.836. The number of sulfone groups is 1. The second kappa shape index (κ2) is 4.68. The third-order valence-electron chi connectivity index (χ3n) is 2.51. The second-order valence-corrected chi connectivity index (χ2v) is 7.18. The lowest BCUT2D eigenvalue weighted by molar-refractivity contribution is 0.586. The molecule has 0 bridgehead atoms. The molecule has 0 aromatic carbocycles. The molecule has 0 atom stereocenters. The first-order valence-electron chi connectivity index (χ1n) is 5.15. The molecule has 1 aliphatic rings. The predicted molar refractivity (Wildman–Crippen MR) is 65.7 cm³/mol. The van der Waals surface area contributed by atoms with E-state index in [0.717, 1.165) is 11.7 Å². The van der Waals surface area contributed by atoms with Gasteiger partial charge in [-0.05, 0) is 7.05 Å². The highest BCUT2D eigenvalue weighted by Crippen LogP contribution is 2.23. The lowest BCUT2D eigenvalue weighted by atomic mass is 10.5. The minimum absolute atomic E-state index is 0.244. The van der Waals surface area contributed by atoms with Gasteiger partial charge in [-0.3, -0.25) is 0 Å². The summed E-state index contributed by atoms with van der Waals surface area (Å²) in [7, 11) is -0.909. The van der Waals surface area contributed by atoms with E-state index in [2.05, 4.69) is 10.3 Å². The van der Waals surface area contributed by atoms with Crippen molar-refractivity contribution in [1.82, 2.24) is 10.3 Å². The van der Waals surface area contributed by atoms with Gasteiger partial charge < -0.3 is 10.2 Å². The zero-order chi connectivity index (χ0) is 11.6. The topological polar surface area (TPSA) is 62.3 Å². The van der Waals surface area contributed by atoms with E-state index >= 15 is 0 Å². The Hall–Kier alpha value is -0.660. The summed E-state index contributed by atoms with van der Waals surface area (Å²) in [5.41, 5.74) is 0. The van der Waals surface area contributed by atoms with Crippen molar-refractivity contribution in [1.29, 1.82) is 0 Å². The number of hydrogen-bond acceptors (Lipinski definition) is 6. The summed E-state index contributed by atoms with van der Waals surface area (Å²) in [6.45, 7) is 1.94. The van der Waals surface area contributed by atoms with Crippen molar-refractivity contribution in [2.24, 2.45) is 0 Å². The maximum atomic E-state index is 11.3. The highest BCUT2D eigenvalue weighted by Gasteiger charge is 2.23. The monoisotopic (exact) mass is 261 g/mol. The summed E-state index contributed by atoms with van der Waals surface area (Å²) < 4.78 is 22.6. The van der Waals surface area contributed by atoms with Gasteiger partial charge in [0.15, 0.2) is 15.0 Å². The number of rotatable bonds is 3. The van der Waals surface area contributed by atoms with E-state index in [1.807, 2.05) is 18.1 Å². The molecule has 16 heavy (non-hydrogen) atoms. The standard InChI is InChI=1S/C9H15N3O2S2/c1-10-6-8-7-11-9(15-8)12-2-4-16(13,14)5-3-12/h7,10H,2-6H2,1H3. The number of thiazole rings is 1. The van der Waals surface area contributed by atoms with E-state index in [1.165, 1.54) is 4.88 Å². The number of aromatic nitrogens is 1. The molecule has 1 fully saturated rings. The average Bonchev–Trinajstić information content (AvgIpc) is 2.67. The zero-order valence-electron chi connectivity index (χ0n) is 9.14. The molecule has 1 saturated heterocycles.